The third kappa shape index (κ3) is 55.6. The van der Waals surface area contributed by atoms with E-state index in [0.717, 1.165) is 6.08 Å². The molecule has 0 rings (SSSR count). The van der Waals surface area contributed by atoms with Crippen molar-refractivity contribution >= 4 is 17.9 Å². The molecule has 0 saturated carbocycles. The molecule has 0 aromatic carbocycles. The first-order chi connectivity index (χ1) is 7.81. The molecule has 8 nitrogen and oxygen atoms in total. The van der Waals surface area contributed by atoms with Gasteiger partial charge < -0.3 is 25.5 Å². The molecule has 0 atom stereocenters. The zero-order valence-electron chi connectivity index (χ0n) is 9.07. The Hall–Kier alpha value is -1.93. The summed E-state index contributed by atoms with van der Waals surface area (Å²) < 4.78 is 0. The van der Waals surface area contributed by atoms with Crippen LogP contribution in [0.3, 0.4) is 0 Å². The number of carbonyl (C=O) groups is 3. The molecule has 17 heavy (non-hydrogen) atoms. The molecule has 5 N–H and O–H groups in total. The summed E-state index contributed by atoms with van der Waals surface area (Å²) in [6.07, 6.45) is 0.241. The molecule has 0 heterocycles. The number of aliphatic hydroxyl groups is 2. The third-order valence-corrected chi connectivity index (χ3v) is 0.827. The van der Waals surface area contributed by atoms with E-state index < -0.39 is 17.9 Å². The van der Waals surface area contributed by atoms with Crippen molar-refractivity contribution in [2.24, 2.45) is 0 Å². The number of aliphatic carboxylic acids is 3. The first-order valence-corrected chi connectivity index (χ1v) is 4.32. The van der Waals surface area contributed by atoms with Crippen LogP contribution in [0.4, 0.5) is 0 Å². The van der Waals surface area contributed by atoms with E-state index in [9.17, 15) is 14.4 Å². The Morgan fingerprint density at radius 1 is 0.882 bits per heavy atom. The zero-order valence-corrected chi connectivity index (χ0v) is 9.07. The molecule has 0 radical (unpaired) electrons. The van der Waals surface area contributed by atoms with E-state index in [-0.39, 0.29) is 26.1 Å². The summed E-state index contributed by atoms with van der Waals surface area (Å²) >= 11 is 0. The van der Waals surface area contributed by atoms with Crippen LogP contribution in [0.5, 0.6) is 0 Å². The number of carboxylic acid groups (broad SMARTS) is 3. The third-order valence-electron chi connectivity index (χ3n) is 0.827. The lowest BCUT2D eigenvalue weighted by Gasteiger charge is -1.85. The number of rotatable bonds is 5. The van der Waals surface area contributed by atoms with Gasteiger partial charge >= 0.3 is 17.9 Å². The van der Waals surface area contributed by atoms with E-state index in [1.54, 1.807) is 0 Å². The quantitative estimate of drug-likeness (QED) is 0.397. The molecular formula is C9H16O8. The average Bonchev–Trinajstić information content (AvgIpc) is 2.27. The molecule has 0 bridgehead atoms. The van der Waals surface area contributed by atoms with Crippen LogP contribution in [0.15, 0.2) is 12.7 Å². The van der Waals surface area contributed by atoms with Gasteiger partial charge in [-0.3, -0.25) is 9.59 Å². The summed E-state index contributed by atoms with van der Waals surface area (Å²) in [5.41, 5.74) is 0. The zero-order chi connectivity index (χ0) is 14.3. The minimum Gasteiger partial charge on any atom is -0.481 e. The summed E-state index contributed by atoms with van der Waals surface area (Å²) in [5.74, 6) is -3.13. The first-order valence-electron chi connectivity index (χ1n) is 4.32. The summed E-state index contributed by atoms with van der Waals surface area (Å²) in [7, 11) is 0. The normalized spacial score (nSPS) is 7.65. The van der Waals surface area contributed by atoms with Crippen molar-refractivity contribution in [3.05, 3.63) is 12.7 Å². The van der Waals surface area contributed by atoms with E-state index in [1.165, 1.54) is 0 Å². The molecule has 8 heteroatoms. The number of hydrogen-bond donors (Lipinski definition) is 5. The molecule has 0 aliphatic heterocycles. The van der Waals surface area contributed by atoms with Gasteiger partial charge in [-0.15, -0.1) is 0 Å². The van der Waals surface area contributed by atoms with E-state index in [1.807, 2.05) is 0 Å². The van der Waals surface area contributed by atoms with E-state index >= 15 is 0 Å². The van der Waals surface area contributed by atoms with Crippen LogP contribution in [0.2, 0.25) is 0 Å². The predicted molar refractivity (Wildman–Crippen MR) is 56.5 cm³/mol. The average molecular weight is 252 g/mol. The van der Waals surface area contributed by atoms with Crippen LogP contribution < -0.4 is 0 Å². The molecule has 0 aliphatic carbocycles. The standard InChI is InChI=1S/C4H6O4.C3H4O2.C2H6O2/c5-3(6)1-2-4(7)8;1-2-3(4)5;3-1-2-4/h1-2H2,(H,5,6)(H,7,8);2H,1H2,(H,4,5);3-4H,1-2H2. The number of carboxylic acids is 3. The van der Waals surface area contributed by atoms with Crippen molar-refractivity contribution in [2.45, 2.75) is 12.8 Å². The maximum absolute atomic E-state index is 9.64. The largest absolute Gasteiger partial charge is 0.481 e. The van der Waals surface area contributed by atoms with E-state index in [4.69, 9.17) is 25.5 Å². The predicted octanol–water partition coefficient (Wildman–Crippen LogP) is -0.836. The van der Waals surface area contributed by atoms with Gasteiger partial charge in [0.15, 0.2) is 0 Å². The molecule has 0 unspecified atom stereocenters. The minimum atomic E-state index is -1.08. The summed E-state index contributed by atoms with van der Waals surface area (Å²) in [6, 6.07) is 0. The van der Waals surface area contributed by atoms with Crippen LogP contribution in [0, 0.1) is 0 Å². The highest BCUT2D eigenvalue weighted by molar-refractivity contribution is 5.78. The monoisotopic (exact) mass is 252 g/mol. The second-order valence-corrected chi connectivity index (χ2v) is 2.28. The fourth-order valence-corrected chi connectivity index (χ4v) is 0.214. The van der Waals surface area contributed by atoms with Gasteiger partial charge in [-0.1, -0.05) is 6.58 Å². The summed E-state index contributed by atoms with van der Waals surface area (Å²) in [6.45, 7) is 2.71. The first kappa shape index (κ1) is 20.5. The molecule has 100 valence electrons. The van der Waals surface area contributed by atoms with Crippen molar-refractivity contribution in [1.82, 2.24) is 0 Å². The molecule has 0 fully saturated rings. The Kier molecular flexibility index (Phi) is 19.9. The highest BCUT2D eigenvalue weighted by atomic mass is 16.4. The van der Waals surface area contributed by atoms with Gasteiger partial charge in [-0.25, -0.2) is 4.79 Å². The smallest absolute Gasteiger partial charge is 0.327 e. The fraction of sp³-hybridized carbons (Fsp3) is 0.444. The highest BCUT2D eigenvalue weighted by Crippen LogP contribution is 1.86. The van der Waals surface area contributed by atoms with Crippen LogP contribution in [0.1, 0.15) is 12.8 Å². The Balaban J connectivity index is -0.000000188. The van der Waals surface area contributed by atoms with Crippen molar-refractivity contribution in [2.75, 3.05) is 13.2 Å². The van der Waals surface area contributed by atoms with Gasteiger partial charge in [0.2, 0.25) is 0 Å². The molecular weight excluding hydrogens is 236 g/mol. The van der Waals surface area contributed by atoms with Crippen molar-refractivity contribution in [3.63, 3.8) is 0 Å². The maximum Gasteiger partial charge on any atom is 0.327 e. The minimum absolute atomic E-state index is 0.125. The lowest BCUT2D eigenvalue weighted by molar-refractivity contribution is -0.143. The van der Waals surface area contributed by atoms with Crippen molar-refractivity contribution in [1.29, 1.82) is 0 Å². The molecule has 0 aliphatic rings. The van der Waals surface area contributed by atoms with E-state index in [0.29, 0.717) is 0 Å². The van der Waals surface area contributed by atoms with Gasteiger partial charge in [-0.05, 0) is 0 Å². The second kappa shape index (κ2) is 16.5. The van der Waals surface area contributed by atoms with Gasteiger partial charge in [0.25, 0.3) is 0 Å². The number of hydrogen-bond acceptors (Lipinski definition) is 5. The van der Waals surface area contributed by atoms with Crippen LogP contribution >= 0.6 is 0 Å². The lowest BCUT2D eigenvalue weighted by Crippen LogP contribution is -2.00. The Bertz CT molecular complexity index is 219. The van der Waals surface area contributed by atoms with Gasteiger partial charge in [-0.2, -0.15) is 0 Å². The summed E-state index contributed by atoms with van der Waals surface area (Å²) in [4.78, 5) is 28.5. The Morgan fingerprint density at radius 2 is 1.12 bits per heavy atom. The number of aliphatic hydroxyl groups excluding tert-OH is 2. The van der Waals surface area contributed by atoms with Crippen LogP contribution in [-0.4, -0.2) is 56.7 Å². The maximum atomic E-state index is 9.64. The van der Waals surface area contributed by atoms with Crippen LogP contribution in [-0.2, 0) is 14.4 Å². The molecule has 0 spiro atoms. The Labute approximate surface area is 97.4 Å². The summed E-state index contributed by atoms with van der Waals surface area (Å²) in [5, 5.41) is 38.7. The molecule has 0 aromatic heterocycles. The molecule has 0 aromatic rings. The van der Waals surface area contributed by atoms with Gasteiger partial charge in [0, 0.05) is 6.08 Å². The topological polar surface area (TPSA) is 152 Å². The Morgan fingerprint density at radius 3 is 1.18 bits per heavy atom. The van der Waals surface area contributed by atoms with Crippen molar-refractivity contribution < 1.29 is 39.9 Å². The van der Waals surface area contributed by atoms with Gasteiger partial charge in [0.05, 0.1) is 26.1 Å². The van der Waals surface area contributed by atoms with E-state index in [2.05, 4.69) is 6.58 Å². The second-order valence-electron chi connectivity index (χ2n) is 2.28. The van der Waals surface area contributed by atoms with Gasteiger partial charge in [0.1, 0.15) is 0 Å². The lowest BCUT2D eigenvalue weighted by atomic mass is 10.3. The molecule has 0 saturated heterocycles. The van der Waals surface area contributed by atoms with Crippen LogP contribution in [0.25, 0.3) is 0 Å². The molecule has 0 amide bonds. The SMILES string of the molecule is C=CC(=O)O.O=C(O)CCC(=O)O.OCCO. The van der Waals surface area contributed by atoms with Crippen molar-refractivity contribution in [3.8, 4) is 0 Å². The fourth-order valence-electron chi connectivity index (χ4n) is 0.214. The highest BCUT2D eigenvalue weighted by Gasteiger charge is 2.00.